The molecule has 5 heterocycles. The number of aryl methyl sites for hydroxylation is 1. The van der Waals surface area contributed by atoms with E-state index in [9.17, 15) is 4.57 Å². The number of hydrogen-bond donors (Lipinski definition) is 1. The van der Waals surface area contributed by atoms with Crippen molar-refractivity contribution < 1.29 is 14.0 Å². The lowest BCUT2D eigenvalue weighted by atomic mass is 9.97. The van der Waals surface area contributed by atoms with Crippen LogP contribution in [0.15, 0.2) is 59.5 Å². The smallest absolute Gasteiger partial charge is 0.148 e. The standard InChI is InChI=1S/C39H46BrN8O3P/c1-46-24-27(22-42-46)30-19-26(36(50-2)21-35(30)48-13-11-28(12-14-48)47-15-17-51-18-16-47)20-37-41-23-31(40)39(45-37)44-34-10-9-33-29(38(34)52(3,4)49)7-8-32(43-33)25-5-6-25/h7-10,19,21-25,28H,5-6,11-18,20H2,1-4H3,(H,41,44,45). The fourth-order valence-electron chi connectivity index (χ4n) is 7.78. The van der Waals surface area contributed by atoms with Crippen LogP contribution in [0.5, 0.6) is 5.75 Å². The summed E-state index contributed by atoms with van der Waals surface area (Å²) in [4.78, 5) is 19.7. The van der Waals surface area contributed by atoms with E-state index in [1.807, 2.05) is 43.4 Å². The van der Waals surface area contributed by atoms with Gasteiger partial charge in [0.05, 0.1) is 42.2 Å². The zero-order valence-corrected chi connectivity index (χ0v) is 32.8. The van der Waals surface area contributed by atoms with Gasteiger partial charge < -0.3 is 24.3 Å². The van der Waals surface area contributed by atoms with E-state index in [2.05, 4.69) is 66.6 Å². The molecular weight excluding hydrogens is 739 g/mol. The number of ether oxygens (including phenoxy) is 2. The summed E-state index contributed by atoms with van der Waals surface area (Å²) in [5, 5.41) is 9.71. The number of nitrogens with zero attached hydrogens (tertiary/aromatic N) is 7. The molecule has 0 bridgehead atoms. The van der Waals surface area contributed by atoms with E-state index in [1.165, 1.54) is 12.8 Å². The number of hydrogen-bond acceptors (Lipinski definition) is 10. The van der Waals surface area contributed by atoms with Crippen molar-refractivity contribution in [1.29, 1.82) is 0 Å². The Morgan fingerprint density at radius 2 is 1.79 bits per heavy atom. The number of halogens is 1. The predicted octanol–water partition coefficient (Wildman–Crippen LogP) is 6.96. The van der Waals surface area contributed by atoms with Crippen molar-refractivity contribution in [1.82, 2.24) is 29.6 Å². The van der Waals surface area contributed by atoms with Gasteiger partial charge in [0.1, 0.15) is 24.5 Å². The number of fused-ring (bicyclic) bond motifs is 1. The molecule has 13 heteroatoms. The average molecular weight is 786 g/mol. The second-order valence-corrected chi connectivity index (χ2v) is 18.6. The van der Waals surface area contributed by atoms with Gasteiger partial charge in [0.15, 0.2) is 0 Å². The summed E-state index contributed by atoms with van der Waals surface area (Å²) in [7, 11) is 0.964. The highest BCUT2D eigenvalue weighted by Gasteiger charge is 2.29. The number of pyridine rings is 1. The third-order valence-electron chi connectivity index (χ3n) is 10.6. The first-order valence-corrected chi connectivity index (χ1v) is 21.6. The van der Waals surface area contributed by atoms with Crippen LogP contribution in [0.4, 0.5) is 17.2 Å². The third-order valence-corrected chi connectivity index (χ3v) is 12.7. The Hall–Kier alpha value is -3.83. The maximum atomic E-state index is 13.8. The average Bonchev–Trinajstić information content (AvgIpc) is 3.92. The Kier molecular flexibility index (Phi) is 9.84. The quantitative estimate of drug-likeness (QED) is 0.149. The van der Waals surface area contributed by atoms with Crippen LogP contribution in [0, 0.1) is 0 Å². The molecule has 8 rings (SSSR count). The molecule has 11 nitrogen and oxygen atoms in total. The summed E-state index contributed by atoms with van der Waals surface area (Å²) in [6.45, 7) is 9.25. The van der Waals surface area contributed by atoms with Gasteiger partial charge in [-0.05, 0) is 79.2 Å². The molecule has 0 amide bonds. The molecule has 1 aliphatic carbocycles. The fourth-order valence-corrected chi connectivity index (χ4v) is 9.55. The first-order valence-electron chi connectivity index (χ1n) is 18.2. The van der Waals surface area contributed by atoms with E-state index < -0.39 is 7.14 Å². The molecule has 0 atom stereocenters. The summed E-state index contributed by atoms with van der Waals surface area (Å²) in [5.74, 6) is 2.58. The van der Waals surface area contributed by atoms with E-state index in [1.54, 1.807) is 13.3 Å². The van der Waals surface area contributed by atoms with E-state index in [0.717, 1.165) is 108 Å². The van der Waals surface area contributed by atoms with Crippen LogP contribution < -0.4 is 20.3 Å². The molecule has 272 valence electrons. The number of aromatic nitrogens is 5. The summed E-state index contributed by atoms with van der Waals surface area (Å²) in [5.41, 5.74) is 7.05. The van der Waals surface area contributed by atoms with Gasteiger partial charge in [-0.2, -0.15) is 5.10 Å². The minimum absolute atomic E-state index is 0.455. The monoisotopic (exact) mass is 784 g/mol. The number of piperidine rings is 1. The van der Waals surface area contributed by atoms with Gasteiger partial charge in [0, 0.05) is 109 Å². The van der Waals surface area contributed by atoms with Gasteiger partial charge in [-0.1, -0.05) is 6.07 Å². The number of benzene rings is 2. The molecule has 52 heavy (non-hydrogen) atoms. The fraction of sp³-hybridized carbons (Fsp3) is 0.436. The summed E-state index contributed by atoms with van der Waals surface area (Å²) in [6, 6.07) is 13.1. The van der Waals surface area contributed by atoms with Gasteiger partial charge in [-0.25, -0.2) is 9.97 Å². The minimum atomic E-state index is -2.71. The van der Waals surface area contributed by atoms with Crippen LogP contribution in [-0.4, -0.2) is 95.5 Å². The van der Waals surface area contributed by atoms with Crippen LogP contribution >= 0.6 is 23.1 Å². The first kappa shape index (κ1) is 35.2. The van der Waals surface area contributed by atoms with Crippen molar-refractivity contribution in [2.24, 2.45) is 7.05 Å². The lowest BCUT2D eigenvalue weighted by Gasteiger charge is -2.41. The molecule has 2 saturated heterocycles. The second-order valence-electron chi connectivity index (χ2n) is 14.6. The van der Waals surface area contributed by atoms with Gasteiger partial charge in [-0.3, -0.25) is 14.6 Å². The lowest BCUT2D eigenvalue weighted by molar-refractivity contribution is 0.0115. The predicted molar refractivity (Wildman–Crippen MR) is 211 cm³/mol. The molecule has 3 aromatic heterocycles. The van der Waals surface area contributed by atoms with Gasteiger partial charge >= 0.3 is 0 Å². The Morgan fingerprint density at radius 1 is 1.00 bits per heavy atom. The van der Waals surface area contributed by atoms with Crippen molar-refractivity contribution in [3.63, 3.8) is 0 Å². The molecule has 3 aliphatic rings. The molecule has 1 N–H and O–H groups in total. The number of anilines is 3. The SMILES string of the molecule is COc1cc(N2CCC(N3CCOCC3)CC2)c(-c2cnn(C)c2)cc1Cc1ncc(Br)c(Nc2ccc3nc(C4CC4)ccc3c2P(C)(C)=O)n1. The van der Waals surface area contributed by atoms with Crippen LogP contribution in [0.1, 0.15) is 48.7 Å². The molecule has 1 saturated carbocycles. The normalized spacial score (nSPS) is 17.5. The largest absolute Gasteiger partial charge is 0.496 e. The van der Waals surface area contributed by atoms with Crippen molar-refractivity contribution in [2.75, 3.05) is 70.0 Å². The molecule has 0 radical (unpaired) electrons. The van der Waals surface area contributed by atoms with E-state index in [0.29, 0.717) is 34.5 Å². The Bertz CT molecular complexity index is 2150. The second kappa shape index (κ2) is 14.5. The van der Waals surface area contributed by atoms with Crippen molar-refractivity contribution in [2.45, 2.75) is 44.1 Å². The maximum Gasteiger partial charge on any atom is 0.148 e. The van der Waals surface area contributed by atoms with Crippen LogP contribution in [0.2, 0.25) is 0 Å². The molecule has 0 spiro atoms. The van der Waals surface area contributed by atoms with E-state index >= 15 is 0 Å². The number of rotatable bonds is 10. The van der Waals surface area contributed by atoms with Crippen molar-refractivity contribution >= 4 is 56.5 Å². The zero-order chi connectivity index (χ0) is 36.0. The zero-order valence-electron chi connectivity index (χ0n) is 30.3. The maximum absolute atomic E-state index is 13.8. The molecule has 2 aliphatic heterocycles. The highest BCUT2D eigenvalue weighted by atomic mass is 79.9. The van der Waals surface area contributed by atoms with Gasteiger partial charge in [0.25, 0.3) is 0 Å². The van der Waals surface area contributed by atoms with Crippen molar-refractivity contribution in [3.05, 3.63) is 76.5 Å². The summed E-state index contributed by atoms with van der Waals surface area (Å²) >= 11 is 3.67. The number of nitrogens with one attached hydrogen (secondary N) is 1. The van der Waals surface area contributed by atoms with E-state index in [4.69, 9.17) is 24.4 Å². The summed E-state index contributed by atoms with van der Waals surface area (Å²) in [6.07, 6.45) is 10.8. The topological polar surface area (TPSA) is 111 Å². The third kappa shape index (κ3) is 7.36. The highest BCUT2D eigenvalue weighted by molar-refractivity contribution is 9.10. The molecule has 0 unspecified atom stereocenters. The van der Waals surface area contributed by atoms with Crippen molar-refractivity contribution in [3.8, 4) is 16.9 Å². The molecular formula is C39H46BrN8O3P. The molecule has 3 fully saturated rings. The van der Waals surface area contributed by atoms with Crippen LogP contribution in [-0.2, 0) is 22.8 Å². The number of methoxy groups -OCH3 is 1. The van der Waals surface area contributed by atoms with Gasteiger partial charge in [0.2, 0.25) is 0 Å². The Morgan fingerprint density at radius 3 is 2.48 bits per heavy atom. The van der Waals surface area contributed by atoms with Gasteiger partial charge in [-0.15, -0.1) is 0 Å². The minimum Gasteiger partial charge on any atom is -0.496 e. The summed E-state index contributed by atoms with van der Waals surface area (Å²) < 4.78 is 28.0. The van der Waals surface area contributed by atoms with Crippen LogP contribution in [0.25, 0.3) is 22.0 Å². The van der Waals surface area contributed by atoms with E-state index in [-0.39, 0.29) is 0 Å². The van der Waals surface area contributed by atoms with Crippen LogP contribution in [0.3, 0.4) is 0 Å². The highest BCUT2D eigenvalue weighted by Crippen LogP contribution is 2.44. The first-order chi connectivity index (χ1) is 25.1. The molecule has 2 aromatic carbocycles. The number of morpholine rings is 1. The Labute approximate surface area is 313 Å². The molecule has 5 aromatic rings. The Balaban J connectivity index is 1.09. The lowest BCUT2D eigenvalue weighted by Crippen LogP contribution is -2.49.